The second-order valence-corrected chi connectivity index (χ2v) is 5.04. The van der Waals surface area contributed by atoms with E-state index in [1.807, 2.05) is 19.1 Å². The van der Waals surface area contributed by atoms with Crippen molar-refractivity contribution in [1.29, 1.82) is 0 Å². The molecule has 5 nitrogen and oxygen atoms in total. The van der Waals surface area contributed by atoms with Gasteiger partial charge < -0.3 is 19.8 Å². The van der Waals surface area contributed by atoms with Crippen LogP contribution in [0.3, 0.4) is 0 Å². The molecule has 114 valence electrons. The number of hydrogen-bond acceptors (Lipinski definition) is 4. The van der Waals surface area contributed by atoms with Gasteiger partial charge in [-0.25, -0.2) is 0 Å². The lowest BCUT2D eigenvalue weighted by molar-refractivity contribution is -0.122. The van der Waals surface area contributed by atoms with Crippen LogP contribution < -0.4 is 10.6 Å². The summed E-state index contributed by atoms with van der Waals surface area (Å²) >= 11 is 0. The Labute approximate surface area is 121 Å². The summed E-state index contributed by atoms with van der Waals surface area (Å²) in [6.07, 6.45) is 4.34. The van der Waals surface area contributed by atoms with Crippen LogP contribution in [0.2, 0.25) is 0 Å². The Morgan fingerprint density at radius 3 is 2.90 bits per heavy atom. The molecule has 20 heavy (non-hydrogen) atoms. The Morgan fingerprint density at radius 2 is 2.25 bits per heavy atom. The molecule has 0 radical (unpaired) electrons. The molecule has 0 aromatic carbocycles. The van der Waals surface area contributed by atoms with E-state index in [0.717, 1.165) is 25.0 Å². The highest BCUT2D eigenvalue weighted by atomic mass is 16.5. The molecule has 0 aliphatic heterocycles. The number of rotatable bonds is 10. The zero-order chi connectivity index (χ0) is 14.8. The van der Waals surface area contributed by atoms with E-state index in [9.17, 15) is 4.79 Å². The van der Waals surface area contributed by atoms with Crippen molar-refractivity contribution in [2.75, 3.05) is 20.3 Å². The molecule has 1 aromatic rings. The first-order chi connectivity index (χ1) is 9.63. The molecule has 2 atom stereocenters. The SMILES string of the molecule is COCCCNC(=O)C(C)NC(C)CCc1ccco1. The van der Waals surface area contributed by atoms with Gasteiger partial charge in [-0.1, -0.05) is 0 Å². The maximum atomic E-state index is 11.8. The van der Waals surface area contributed by atoms with Crippen molar-refractivity contribution in [3.05, 3.63) is 24.2 Å². The van der Waals surface area contributed by atoms with E-state index in [1.54, 1.807) is 13.4 Å². The molecule has 1 amide bonds. The Kier molecular flexibility index (Phi) is 7.99. The predicted octanol–water partition coefficient (Wildman–Crippen LogP) is 1.73. The van der Waals surface area contributed by atoms with Crippen molar-refractivity contribution < 1.29 is 13.9 Å². The maximum Gasteiger partial charge on any atom is 0.236 e. The van der Waals surface area contributed by atoms with Gasteiger partial charge in [-0.15, -0.1) is 0 Å². The van der Waals surface area contributed by atoms with Crippen LogP contribution in [0.1, 0.15) is 32.4 Å². The molecule has 0 spiro atoms. The lowest BCUT2D eigenvalue weighted by Gasteiger charge is -2.19. The zero-order valence-electron chi connectivity index (χ0n) is 12.6. The van der Waals surface area contributed by atoms with Gasteiger partial charge in [0.2, 0.25) is 5.91 Å². The fraction of sp³-hybridized carbons (Fsp3) is 0.667. The molecule has 0 aliphatic rings. The normalized spacial score (nSPS) is 13.9. The molecule has 0 bridgehead atoms. The number of methoxy groups -OCH3 is 1. The van der Waals surface area contributed by atoms with Gasteiger partial charge in [0, 0.05) is 32.7 Å². The number of ether oxygens (including phenoxy) is 1. The highest BCUT2D eigenvalue weighted by molar-refractivity contribution is 5.81. The molecule has 1 aromatic heterocycles. The van der Waals surface area contributed by atoms with Crippen molar-refractivity contribution in [1.82, 2.24) is 10.6 Å². The molecule has 1 heterocycles. The molecule has 1 rings (SSSR count). The van der Waals surface area contributed by atoms with Crippen molar-refractivity contribution in [3.8, 4) is 0 Å². The average molecular weight is 282 g/mol. The number of hydrogen-bond donors (Lipinski definition) is 2. The first-order valence-corrected chi connectivity index (χ1v) is 7.18. The first-order valence-electron chi connectivity index (χ1n) is 7.18. The third-order valence-electron chi connectivity index (χ3n) is 3.16. The Hall–Kier alpha value is -1.33. The van der Waals surface area contributed by atoms with Gasteiger partial charge in [-0.05, 0) is 38.8 Å². The van der Waals surface area contributed by atoms with E-state index in [0.29, 0.717) is 13.2 Å². The van der Waals surface area contributed by atoms with Crippen LogP contribution in [-0.4, -0.2) is 38.3 Å². The molecule has 0 aliphatic carbocycles. The summed E-state index contributed by atoms with van der Waals surface area (Å²) in [5.41, 5.74) is 0. The van der Waals surface area contributed by atoms with Crippen LogP contribution in [0.4, 0.5) is 0 Å². The largest absolute Gasteiger partial charge is 0.469 e. The van der Waals surface area contributed by atoms with E-state index >= 15 is 0 Å². The predicted molar refractivity (Wildman–Crippen MR) is 78.6 cm³/mol. The molecular formula is C15H26N2O3. The third-order valence-corrected chi connectivity index (χ3v) is 3.16. The van der Waals surface area contributed by atoms with E-state index < -0.39 is 0 Å². The Morgan fingerprint density at radius 1 is 1.45 bits per heavy atom. The summed E-state index contributed by atoms with van der Waals surface area (Å²) in [7, 11) is 1.66. The summed E-state index contributed by atoms with van der Waals surface area (Å²) in [6.45, 7) is 5.29. The second-order valence-electron chi connectivity index (χ2n) is 5.04. The minimum atomic E-state index is -0.191. The summed E-state index contributed by atoms with van der Waals surface area (Å²) in [5, 5.41) is 6.19. The number of nitrogens with one attached hydrogen (secondary N) is 2. The highest BCUT2D eigenvalue weighted by Gasteiger charge is 2.14. The molecular weight excluding hydrogens is 256 g/mol. The molecule has 2 N–H and O–H groups in total. The van der Waals surface area contributed by atoms with E-state index in [1.165, 1.54) is 0 Å². The minimum Gasteiger partial charge on any atom is -0.469 e. The maximum absolute atomic E-state index is 11.8. The van der Waals surface area contributed by atoms with Gasteiger partial charge in [-0.3, -0.25) is 4.79 Å². The van der Waals surface area contributed by atoms with Crippen LogP contribution in [0.15, 0.2) is 22.8 Å². The zero-order valence-corrected chi connectivity index (χ0v) is 12.6. The Bertz CT molecular complexity index is 365. The minimum absolute atomic E-state index is 0.0333. The summed E-state index contributed by atoms with van der Waals surface area (Å²) in [5.74, 6) is 1.02. The number of carbonyl (C=O) groups is 1. The smallest absolute Gasteiger partial charge is 0.236 e. The summed E-state index contributed by atoms with van der Waals surface area (Å²) in [4.78, 5) is 11.8. The standard InChI is InChI=1S/C15H26N2O3/c1-12(7-8-14-6-4-11-20-14)17-13(2)15(18)16-9-5-10-19-3/h4,6,11-13,17H,5,7-10H2,1-3H3,(H,16,18). The topological polar surface area (TPSA) is 63.5 Å². The lowest BCUT2D eigenvalue weighted by atomic mass is 10.1. The summed E-state index contributed by atoms with van der Waals surface area (Å²) < 4.78 is 10.2. The monoisotopic (exact) mass is 282 g/mol. The molecule has 0 saturated heterocycles. The number of furan rings is 1. The number of aryl methyl sites for hydroxylation is 1. The van der Waals surface area contributed by atoms with Crippen LogP contribution in [0.5, 0.6) is 0 Å². The van der Waals surface area contributed by atoms with E-state index in [4.69, 9.17) is 9.15 Å². The van der Waals surface area contributed by atoms with Gasteiger partial charge in [0.25, 0.3) is 0 Å². The second kappa shape index (κ2) is 9.55. The van der Waals surface area contributed by atoms with Crippen molar-refractivity contribution in [2.45, 2.75) is 45.2 Å². The van der Waals surface area contributed by atoms with Crippen molar-refractivity contribution in [3.63, 3.8) is 0 Å². The van der Waals surface area contributed by atoms with Gasteiger partial charge in [0.1, 0.15) is 5.76 Å². The van der Waals surface area contributed by atoms with Crippen molar-refractivity contribution in [2.24, 2.45) is 0 Å². The van der Waals surface area contributed by atoms with Gasteiger partial charge in [-0.2, -0.15) is 0 Å². The van der Waals surface area contributed by atoms with Crippen LogP contribution >= 0.6 is 0 Å². The summed E-state index contributed by atoms with van der Waals surface area (Å²) in [6, 6.07) is 3.94. The van der Waals surface area contributed by atoms with Crippen LogP contribution in [0.25, 0.3) is 0 Å². The third kappa shape index (κ3) is 6.73. The van der Waals surface area contributed by atoms with Gasteiger partial charge in [0.15, 0.2) is 0 Å². The molecule has 2 unspecified atom stereocenters. The molecule has 0 saturated carbocycles. The van der Waals surface area contributed by atoms with E-state index in [2.05, 4.69) is 17.6 Å². The van der Waals surface area contributed by atoms with Crippen molar-refractivity contribution >= 4 is 5.91 Å². The highest BCUT2D eigenvalue weighted by Crippen LogP contribution is 2.06. The molecule has 5 heteroatoms. The number of carbonyl (C=O) groups excluding carboxylic acids is 1. The fourth-order valence-corrected chi connectivity index (χ4v) is 1.98. The lowest BCUT2D eigenvalue weighted by Crippen LogP contribution is -2.46. The van der Waals surface area contributed by atoms with Crippen LogP contribution in [0, 0.1) is 0 Å². The average Bonchev–Trinajstić information content (AvgIpc) is 2.94. The quantitative estimate of drug-likeness (QED) is 0.642. The van der Waals surface area contributed by atoms with Gasteiger partial charge >= 0.3 is 0 Å². The van der Waals surface area contributed by atoms with E-state index in [-0.39, 0.29) is 18.0 Å². The van der Waals surface area contributed by atoms with Crippen LogP contribution in [-0.2, 0) is 16.0 Å². The first kappa shape index (κ1) is 16.7. The Balaban J connectivity index is 2.16. The number of amides is 1. The van der Waals surface area contributed by atoms with Gasteiger partial charge in [0.05, 0.1) is 12.3 Å². The molecule has 0 fully saturated rings. The fourth-order valence-electron chi connectivity index (χ4n) is 1.98.